The van der Waals surface area contributed by atoms with Gasteiger partial charge in [-0.3, -0.25) is 9.59 Å². The lowest BCUT2D eigenvalue weighted by atomic mass is 9.93. The lowest BCUT2D eigenvalue weighted by molar-refractivity contribution is -0.142. The molecule has 0 aliphatic carbocycles. The minimum Gasteiger partial charge on any atom is -0.480 e. The summed E-state index contributed by atoms with van der Waals surface area (Å²) in [5, 5.41) is 18.4. The molecule has 0 unspecified atom stereocenters. The lowest BCUT2D eigenvalue weighted by Crippen LogP contribution is -2.52. The van der Waals surface area contributed by atoms with E-state index in [4.69, 9.17) is 0 Å². The lowest BCUT2D eigenvalue weighted by Gasteiger charge is -2.23. The molecule has 0 bridgehead atoms. The first-order valence-electron chi connectivity index (χ1n) is 13.1. The summed E-state index contributed by atoms with van der Waals surface area (Å²) in [6, 6.07) is 9.45. The molecular formula is C28H39N5O4. The van der Waals surface area contributed by atoms with Gasteiger partial charge in [-0.2, -0.15) is 0 Å². The molecule has 3 rings (SSSR count). The van der Waals surface area contributed by atoms with E-state index in [1.165, 1.54) is 0 Å². The summed E-state index contributed by atoms with van der Waals surface area (Å²) in [7, 11) is 0. The number of nitrogens with one attached hydrogen (secondary N) is 3. The van der Waals surface area contributed by atoms with Gasteiger partial charge >= 0.3 is 5.97 Å². The predicted molar refractivity (Wildman–Crippen MR) is 141 cm³/mol. The number of aliphatic carboxylic acids is 1. The molecule has 4 N–H and O–H groups in total. The summed E-state index contributed by atoms with van der Waals surface area (Å²) in [5.74, 6) is -0.701. The van der Waals surface area contributed by atoms with Gasteiger partial charge in [-0.15, -0.1) is 0 Å². The van der Waals surface area contributed by atoms with Crippen molar-refractivity contribution in [3.8, 4) is 0 Å². The van der Waals surface area contributed by atoms with Crippen molar-refractivity contribution < 1.29 is 19.5 Å². The fourth-order valence-corrected chi connectivity index (χ4v) is 4.64. The van der Waals surface area contributed by atoms with Crippen LogP contribution in [0, 0.1) is 12.8 Å². The average molecular weight is 510 g/mol. The molecule has 9 nitrogen and oxygen atoms in total. The fourth-order valence-electron chi connectivity index (χ4n) is 4.64. The molecule has 2 atom stereocenters. The monoisotopic (exact) mass is 509 g/mol. The van der Waals surface area contributed by atoms with Crippen molar-refractivity contribution in [1.29, 1.82) is 0 Å². The number of carbonyl (C=O) groups excluding carboxylic acids is 2. The van der Waals surface area contributed by atoms with Gasteiger partial charge in [-0.1, -0.05) is 44.2 Å². The summed E-state index contributed by atoms with van der Waals surface area (Å²) in [4.78, 5) is 46.9. The Morgan fingerprint density at radius 3 is 2.41 bits per heavy atom. The summed E-state index contributed by atoms with van der Waals surface area (Å²) in [6.07, 6.45) is 3.22. The molecule has 0 radical (unpaired) electrons. The first kappa shape index (κ1) is 28.2. The number of piperidine rings is 1. The number of hydrogen-bond acceptors (Lipinski definition) is 6. The normalized spacial score (nSPS) is 15.7. The molecule has 1 aromatic carbocycles. The first-order valence-corrected chi connectivity index (χ1v) is 13.1. The van der Waals surface area contributed by atoms with Crippen LogP contribution in [0.1, 0.15) is 68.2 Å². The maximum Gasteiger partial charge on any atom is 0.326 e. The van der Waals surface area contributed by atoms with Gasteiger partial charge in [0.05, 0.1) is 0 Å². The van der Waals surface area contributed by atoms with Gasteiger partial charge in [-0.05, 0) is 63.2 Å². The van der Waals surface area contributed by atoms with Crippen molar-refractivity contribution in [2.75, 3.05) is 13.1 Å². The van der Waals surface area contributed by atoms with Gasteiger partial charge in [0.25, 0.3) is 0 Å². The van der Waals surface area contributed by atoms with E-state index in [0.717, 1.165) is 42.9 Å². The van der Waals surface area contributed by atoms with Gasteiger partial charge in [0.15, 0.2) is 0 Å². The molecule has 1 saturated heterocycles. The zero-order valence-corrected chi connectivity index (χ0v) is 22.0. The van der Waals surface area contributed by atoms with E-state index in [1.54, 1.807) is 0 Å². The van der Waals surface area contributed by atoms with Crippen LogP contribution >= 0.6 is 0 Å². The maximum atomic E-state index is 13.1. The van der Waals surface area contributed by atoms with Crippen LogP contribution in [0.15, 0.2) is 36.4 Å². The second kappa shape index (κ2) is 13.8. The number of benzene rings is 1. The van der Waals surface area contributed by atoms with E-state index in [9.17, 15) is 19.5 Å². The Bertz CT molecular complexity index is 1050. The summed E-state index contributed by atoms with van der Waals surface area (Å²) >= 11 is 0. The molecule has 1 aromatic heterocycles. The zero-order valence-electron chi connectivity index (χ0n) is 22.0. The maximum absolute atomic E-state index is 13.1. The number of hydrogen-bond donors (Lipinski definition) is 4. The quantitative estimate of drug-likeness (QED) is 0.345. The SMILES string of the molecule is Cc1nc(CCC(=O)N[C@@H](Cc2ccccc2)C(=O)N[C@@H](CC(C)C)C(=O)O)cc(C2CCNCC2)n1. The molecule has 2 aromatic rings. The highest BCUT2D eigenvalue weighted by molar-refractivity contribution is 5.90. The molecule has 2 heterocycles. The number of carboxylic acids is 1. The summed E-state index contributed by atoms with van der Waals surface area (Å²) < 4.78 is 0. The largest absolute Gasteiger partial charge is 0.480 e. The number of rotatable bonds is 12. The van der Waals surface area contributed by atoms with Crippen LogP contribution in [0.5, 0.6) is 0 Å². The Morgan fingerprint density at radius 2 is 1.76 bits per heavy atom. The van der Waals surface area contributed by atoms with Crippen LogP contribution in [0.4, 0.5) is 0 Å². The van der Waals surface area contributed by atoms with Gasteiger partial charge in [0.2, 0.25) is 11.8 Å². The number of amides is 2. The van der Waals surface area contributed by atoms with Crippen molar-refractivity contribution >= 4 is 17.8 Å². The summed E-state index contributed by atoms with van der Waals surface area (Å²) in [5.41, 5.74) is 2.70. The van der Waals surface area contributed by atoms with E-state index in [0.29, 0.717) is 24.6 Å². The number of nitrogens with zero attached hydrogens (tertiary/aromatic N) is 2. The van der Waals surface area contributed by atoms with Gasteiger partial charge < -0.3 is 21.1 Å². The molecule has 1 aliphatic heterocycles. The second-order valence-electron chi connectivity index (χ2n) is 10.2. The second-order valence-corrected chi connectivity index (χ2v) is 10.2. The van der Waals surface area contributed by atoms with Crippen molar-refractivity contribution in [2.45, 2.75) is 77.3 Å². The Morgan fingerprint density at radius 1 is 1.05 bits per heavy atom. The Kier molecular flexibility index (Phi) is 10.6. The van der Waals surface area contributed by atoms with E-state index in [2.05, 4.69) is 25.9 Å². The van der Waals surface area contributed by atoms with Crippen molar-refractivity contribution in [3.05, 3.63) is 59.2 Å². The van der Waals surface area contributed by atoms with Crippen LogP contribution in [0.3, 0.4) is 0 Å². The van der Waals surface area contributed by atoms with Crippen LogP contribution < -0.4 is 16.0 Å². The number of carboxylic acid groups (broad SMARTS) is 1. The van der Waals surface area contributed by atoms with Crippen molar-refractivity contribution in [2.24, 2.45) is 5.92 Å². The van der Waals surface area contributed by atoms with Crippen LogP contribution in [0.25, 0.3) is 0 Å². The van der Waals surface area contributed by atoms with E-state index in [-0.39, 0.29) is 24.7 Å². The van der Waals surface area contributed by atoms with Gasteiger partial charge in [-0.25, -0.2) is 14.8 Å². The average Bonchev–Trinajstić information content (AvgIpc) is 2.87. The van der Waals surface area contributed by atoms with Crippen LogP contribution in [-0.4, -0.2) is 58.0 Å². The fraction of sp³-hybridized carbons (Fsp3) is 0.536. The van der Waals surface area contributed by atoms with E-state index in [1.807, 2.05) is 57.2 Å². The van der Waals surface area contributed by atoms with E-state index < -0.39 is 24.0 Å². The number of aryl methyl sites for hydroxylation is 2. The van der Waals surface area contributed by atoms with Crippen LogP contribution in [0.2, 0.25) is 0 Å². The third-order valence-electron chi connectivity index (χ3n) is 6.53. The highest BCUT2D eigenvalue weighted by Crippen LogP contribution is 2.24. The number of aromatic nitrogens is 2. The van der Waals surface area contributed by atoms with E-state index >= 15 is 0 Å². The zero-order chi connectivity index (χ0) is 26.8. The standard InChI is InChI=1S/C28H39N5O4/c1-18(2)15-25(28(36)37)33-27(35)24(16-20-7-5-4-6-8-20)32-26(34)10-9-22-17-23(31-19(3)30-22)21-11-13-29-14-12-21/h4-8,17-18,21,24-25,29H,9-16H2,1-3H3,(H,32,34)(H,33,35)(H,36,37)/t24-,25-/m0/s1. The van der Waals surface area contributed by atoms with Crippen molar-refractivity contribution in [1.82, 2.24) is 25.9 Å². The molecule has 37 heavy (non-hydrogen) atoms. The Balaban J connectivity index is 1.66. The highest BCUT2D eigenvalue weighted by atomic mass is 16.4. The van der Waals surface area contributed by atoms with Crippen LogP contribution in [-0.2, 0) is 27.2 Å². The van der Waals surface area contributed by atoms with Crippen molar-refractivity contribution in [3.63, 3.8) is 0 Å². The molecule has 2 amide bonds. The highest BCUT2D eigenvalue weighted by Gasteiger charge is 2.27. The third kappa shape index (κ3) is 9.24. The molecule has 0 spiro atoms. The first-order chi connectivity index (χ1) is 17.7. The topological polar surface area (TPSA) is 133 Å². The molecule has 1 aliphatic rings. The Hall–Kier alpha value is -3.33. The van der Waals surface area contributed by atoms with Gasteiger partial charge in [0, 0.05) is 30.1 Å². The predicted octanol–water partition coefficient (Wildman–Crippen LogP) is 2.53. The molecular weight excluding hydrogens is 470 g/mol. The minimum atomic E-state index is -1.09. The Labute approximate surface area is 218 Å². The molecule has 1 fully saturated rings. The minimum absolute atomic E-state index is 0.0923. The molecule has 200 valence electrons. The summed E-state index contributed by atoms with van der Waals surface area (Å²) in [6.45, 7) is 7.60. The molecule has 9 heteroatoms. The smallest absolute Gasteiger partial charge is 0.326 e. The van der Waals surface area contributed by atoms with Gasteiger partial charge in [0.1, 0.15) is 17.9 Å². The number of carbonyl (C=O) groups is 3. The third-order valence-corrected chi connectivity index (χ3v) is 6.53. The molecule has 0 saturated carbocycles.